The lowest BCUT2D eigenvalue weighted by Gasteiger charge is -2.14. The van der Waals surface area contributed by atoms with Gasteiger partial charge in [0.25, 0.3) is 11.6 Å². The maximum absolute atomic E-state index is 12.1. The zero-order valence-corrected chi connectivity index (χ0v) is 14.8. The number of anilines is 1. The van der Waals surface area contributed by atoms with Gasteiger partial charge in [0.1, 0.15) is 5.69 Å². The minimum Gasteiger partial charge on any atom is -0.468 e. The van der Waals surface area contributed by atoms with Crippen LogP contribution in [-0.2, 0) is 9.53 Å². The summed E-state index contributed by atoms with van der Waals surface area (Å²) in [7, 11) is 0. The number of nitro groups is 1. The molecule has 9 nitrogen and oxygen atoms in total. The molecule has 29 heavy (non-hydrogen) atoms. The lowest BCUT2D eigenvalue weighted by atomic mass is 10.2. The largest absolute Gasteiger partial charge is 0.468 e. The third kappa shape index (κ3) is 6.45. The van der Waals surface area contributed by atoms with E-state index in [1.807, 2.05) is 0 Å². The zero-order chi connectivity index (χ0) is 21.6. The topological polar surface area (TPSA) is 121 Å². The third-order valence-electron chi connectivity index (χ3n) is 3.37. The average molecular weight is 413 g/mol. The Balaban J connectivity index is 1.96. The quantitative estimate of drug-likeness (QED) is 0.421. The van der Waals surface area contributed by atoms with Crippen molar-refractivity contribution in [2.24, 2.45) is 0 Å². The first-order valence-corrected chi connectivity index (χ1v) is 7.97. The summed E-state index contributed by atoms with van der Waals surface area (Å²) in [5.74, 6) is -2.13. The summed E-state index contributed by atoms with van der Waals surface area (Å²) in [5, 5.41) is 13.2. The summed E-state index contributed by atoms with van der Waals surface area (Å²) in [4.78, 5) is 38.0. The van der Waals surface area contributed by atoms with Crippen LogP contribution in [0.3, 0.4) is 0 Å². The predicted molar refractivity (Wildman–Crippen MR) is 92.4 cm³/mol. The molecule has 0 aliphatic rings. The molecule has 0 saturated carbocycles. The number of nitro benzene ring substituents is 1. The van der Waals surface area contributed by atoms with Crippen molar-refractivity contribution in [1.82, 2.24) is 4.98 Å². The summed E-state index contributed by atoms with van der Waals surface area (Å²) in [5.41, 5.74) is -0.536. The number of ether oxygens (including phenoxy) is 2. The van der Waals surface area contributed by atoms with Gasteiger partial charge in [0.15, 0.2) is 12.7 Å². The van der Waals surface area contributed by atoms with Gasteiger partial charge in [0, 0.05) is 18.3 Å². The first-order valence-electron chi connectivity index (χ1n) is 7.97. The molecule has 12 heteroatoms. The molecule has 2 aromatic rings. The number of hydrogen-bond donors (Lipinski definition) is 1. The molecule has 1 aromatic heterocycles. The van der Waals surface area contributed by atoms with Crippen molar-refractivity contribution in [1.29, 1.82) is 0 Å². The summed E-state index contributed by atoms with van der Waals surface area (Å²) in [6, 6.07) is 7.57. The number of amides is 1. The number of rotatable bonds is 7. The molecular weight excluding hydrogens is 399 g/mol. The van der Waals surface area contributed by atoms with E-state index >= 15 is 0 Å². The van der Waals surface area contributed by atoms with E-state index < -0.39 is 35.7 Å². The second-order valence-electron chi connectivity index (χ2n) is 5.60. The van der Waals surface area contributed by atoms with Crippen LogP contribution in [0.1, 0.15) is 17.3 Å². The van der Waals surface area contributed by atoms with Gasteiger partial charge in [-0.05, 0) is 19.1 Å². The van der Waals surface area contributed by atoms with Crippen LogP contribution in [0.2, 0.25) is 0 Å². The van der Waals surface area contributed by atoms with E-state index in [2.05, 4.69) is 15.0 Å². The van der Waals surface area contributed by atoms with Crippen LogP contribution in [0.5, 0.6) is 5.88 Å². The van der Waals surface area contributed by atoms with Crippen LogP contribution < -0.4 is 10.1 Å². The van der Waals surface area contributed by atoms with Crippen molar-refractivity contribution in [3.8, 4) is 5.88 Å². The number of nitrogens with one attached hydrogen (secondary N) is 1. The van der Waals surface area contributed by atoms with E-state index in [0.717, 1.165) is 18.3 Å². The number of esters is 1. The maximum atomic E-state index is 12.1. The molecule has 2 rings (SSSR count). The van der Waals surface area contributed by atoms with Crippen LogP contribution in [-0.4, -0.2) is 40.7 Å². The van der Waals surface area contributed by atoms with Crippen LogP contribution in [0.25, 0.3) is 0 Å². The van der Waals surface area contributed by atoms with Crippen molar-refractivity contribution < 1.29 is 37.2 Å². The van der Waals surface area contributed by atoms with Crippen LogP contribution >= 0.6 is 0 Å². The molecule has 0 fully saturated rings. The van der Waals surface area contributed by atoms with Gasteiger partial charge >= 0.3 is 12.1 Å². The van der Waals surface area contributed by atoms with Gasteiger partial charge < -0.3 is 14.8 Å². The minimum atomic E-state index is -4.53. The first kappa shape index (κ1) is 21.6. The number of benzene rings is 1. The number of pyridine rings is 1. The number of carbonyl (C=O) groups excluding carboxylic acids is 2. The number of aromatic nitrogens is 1. The molecule has 0 aliphatic heterocycles. The molecular formula is C17H14F3N3O6. The highest BCUT2D eigenvalue weighted by molar-refractivity contribution is 5.98. The monoisotopic (exact) mass is 413 g/mol. The minimum absolute atomic E-state index is 0.0711. The van der Waals surface area contributed by atoms with E-state index in [9.17, 15) is 32.9 Å². The molecule has 1 aromatic carbocycles. The summed E-state index contributed by atoms with van der Waals surface area (Å²) >= 11 is 0. The third-order valence-corrected chi connectivity index (χ3v) is 3.37. The molecule has 1 N–H and O–H groups in total. The fourth-order valence-electron chi connectivity index (χ4n) is 2.00. The molecule has 1 atom stereocenters. The first-order chi connectivity index (χ1) is 13.6. The van der Waals surface area contributed by atoms with E-state index in [1.165, 1.54) is 31.2 Å². The van der Waals surface area contributed by atoms with E-state index in [1.54, 1.807) is 0 Å². The highest BCUT2D eigenvalue weighted by Crippen LogP contribution is 2.23. The highest BCUT2D eigenvalue weighted by atomic mass is 19.4. The standard InChI is InChI=1S/C17H14F3N3O6/c1-10(15(24)22-12-4-2-3-5-13(12)23(26)27)29-16(25)11-6-7-14(21-8-11)28-9-17(18,19)20/h2-8,10H,9H2,1H3,(H,22,24). The number of nitrogens with zero attached hydrogens (tertiary/aromatic N) is 2. The summed E-state index contributed by atoms with van der Waals surface area (Å²) in [6.45, 7) is -0.289. The van der Waals surface area contributed by atoms with Crippen molar-refractivity contribution in [2.45, 2.75) is 19.2 Å². The molecule has 0 spiro atoms. The van der Waals surface area contributed by atoms with Gasteiger partial charge in [-0.1, -0.05) is 12.1 Å². The Morgan fingerprint density at radius 3 is 2.52 bits per heavy atom. The highest BCUT2D eigenvalue weighted by Gasteiger charge is 2.28. The molecule has 0 bridgehead atoms. The summed E-state index contributed by atoms with van der Waals surface area (Å²) < 4.78 is 45.6. The van der Waals surface area contributed by atoms with Crippen molar-refractivity contribution in [3.63, 3.8) is 0 Å². The molecule has 0 radical (unpaired) electrons. The Labute approximate surface area is 161 Å². The Bertz CT molecular complexity index is 902. The Morgan fingerprint density at radius 1 is 1.24 bits per heavy atom. The average Bonchev–Trinajstić information content (AvgIpc) is 2.66. The van der Waals surface area contributed by atoms with Gasteiger partial charge in [0.05, 0.1) is 10.5 Å². The van der Waals surface area contributed by atoms with Crippen molar-refractivity contribution in [3.05, 3.63) is 58.3 Å². The summed E-state index contributed by atoms with van der Waals surface area (Å²) in [6.07, 6.45) is -4.92. The molecule has 0 saturated heterocycles. The molecule has 1 amide bonds. The van der Waals surface area contributed by atoms with Gasteiger partial charge in [0.2, 0.25) is 5.88 Å². The van der Waals surface area contributed by atoms with Gasteiger partial charge in [-0.3, -0.25) is 14.9 Å². The smallest absolute Gasteiger partial charge is 0.422 e. The second kappa shape index (κ2) is 8.99. The van der Waals surface area contributed by atoms with Crippen molar-refractivity contribution >= 4 is 23.3 Å². The zero-order valence-electron chi connectivity index (χ0n) is 14.8. The number of carbonyl (C=O) groups is 2. The van der Waals surface area contributed by atoms with E-state index in [4.69, 9.17) is 4.74 Å². The maximum Gasteiger partial charge on any atom is 0.422 e. The van der Waals surface area contributed by atoms with Gasteiger partial charge in [-0.2, -0.15) is 13.2 Å². The molecule has 1 unspecified atom stereocenters. The van der Waals surface area contributed by atoms with E-state index in [-0.39, 0.29) is 22.8 Å². The Hall–Kier alpha value is -3.70. The molecule has 1 heterocycles. The van der Waals surface area contributed by atoms with E-state index in [0.29, 0.717) is 0 Å². The van der Waals surface area contributed by atoms with Crippen molar-refractivity contribution in [2.75, 3.05) is 11.9 Å². The number of halogens is 3. The Morgan fingerprint density at radius 2 is 1.93 bits per heavy atom. The van der Waals surface area contributed by atoms with Gasteiger partial charge in [-0.25, -0.2) is 9.78 Å². The Kier molecular flexibility index (Phi) is 6.70. The fraction of sp³-hybridized carbons (Fsp3) is 0.235. The fourth-order valence-corrected chi connectivity index (χ4v) is 2.00. The molecule has 0 aliphatic carbocycles. The van der Waals surface area contributed by atoms with Crippen LogP contribution in [0.4, 0.5) is 24.5 Å². The normalized spacial score (nSPS) is 12.0. The van der Waals surface area contributed by atoms with Gasteiger partial charge in [-0.15, -0.1) is 0 Å². The molecule has 154 valence electrons. The van der Waals surface area contributed by atoms with Crippen LogP contribution in [0.15, 0.2) is 42.6 Å². The number of para-hydroxylation sites is 2. The lowest BCUT2D eigenvalue weighted by Crippen LogP contribution is -2.30. The lowest BCUT2D eigenvalue weighted by molar-refractivity contribution is -0.383. The van der Waals surface area contributed by atoms with Crippen LogP contribution in [0, 0.1) is 10.1 Å². The second-order valence-corrected chi connectivity index (χ2v) is 5.60. The number of alkyl halides is 3. The number of hydrogen-bond acceptors (Lipinski definition) is 7. The predicted octanol–water partition coefficient (Wildman–Crippen LogP) is 3.11. The SMILES string of the molecule is CC(OC(=O)c1ccc(OCC(F)(F)F)nc1)C(=O)Nc1ccccc1[N+](=O)[O-].